The van der Waals surface area contributed by atoms with Crippen molar-refractivity contribution in [2.24, 2.45) is 0 Å². The van der Waals surface area contributed by atoms with E-state index in [0.29, 0.717) is 6.54 Å². The third kappa shape index (κ3) is 3.13. The van der Waals surface area contributed by atoms with Crippen LogP contribution < -0.4 is 0 Å². The number of rotatable bonds is 3. The van der Waals surface area contributed by atoms with E-state index in [4.69, 9.17) is 0 Å². The molecular formula is C10H21NO6P2. The van der Waals surface area contributed by atoms with Crippen LogP contribution in [0.5, 0.6) is 0 Å². The molecule has 1 spiro atoms. The molecule has 112 valence electrons. The highest BCUT2D eigenvalue weighted by molar-refractivity contribution is 7.70. The molecule has 2 fully saturated rings. The van der Waals surface area contributed by atoms with Crippen molar-refractivity contribution in [3.8, 4) is 0 Å². The Hall–Kier alpha value is 0.260. The van der Waals surface area contributed by atoms with E-state index in [9.17, 15) is 28.7 Å². The summed E-state index contributed by atoms with van der Waals surface area (Å²) >= 11 is 0. The predicted octanol–water partition coefficient (Wildman–Crippen LogP) is 1.42. The molecule has 9 heteroatoms. The summed E-state index contributed by atoms with van der Waals surface area (Å²) in [5.74, 6) is 0. The normalized spacial score (nSPS) is 25.3. The van der Waals surface area contributed by atoms with Crippen molar-refractivity contribution in [1.82, 2.24) is 4.90 Å². The first-order valence-corrected chi connectivity index (χ1v) is 9.90. The van der Waals surface area contributed by atoms with Gasteiger partial charge in [-0.25, -0.2) is 0 Å². The Bertz CT molecular complexity index is 402. The minimum absolute atomic E-state index is 0.348. The molecule has 2 rings (SSSR count). The maximum absolute atomic E-state index is 11.6. The fraction of sp³-hybridized carbons (Fsp3) is 1.00. The van der Waals surface area contributed by atoms with Gasteiger partial charge in [0.25, 0.3) is 0 Å². The van der Waals surface area contributed by atoms with E-state index in [-0.39, 0.29) is 0 Å². The second-order valence-corrected chi connectivity index (χ2v) is 9.35. The van der Waals surface area contributed by atoms with Crippen molar-refractivity contribution in [3.05, 3.63) is 0 Å². The van der Waals surface area contributed by atoms with Gasteiger partial charge in [-0.3, -0.25) is 14.0 Å². The Kier molecular flexibility index (Phi) is 4.30. The Morgan fingerprint density at radius 3 is 1.79 bits per heavy atom. The molecule has 0 radical (unpaired) electrons. The van der Waals surface area contributed by atoms with Gasteiger partial charge in [0.1, 0.15) is 0 Å². The molecule has 4 N–H and O–H groups in total. The predicted molar refractivity (Wildman–Crippen MR) is 69.6 cm³/mol. The van der Waals surface area contributed by atoms with Gasteiger partial charge in [-0.15, -0.1) is 0 Å². The highest BCUT2D eigenvalue weighted by Gasteiger charge is 2.56. The van der Waals surface area contributed by atoms with Crippen molar-refractivity contribution in [2.75, 3.05) is 6.54 Å². The van der Waals surface area contributed by atoms with Crippen LogP contribution in [0.3, 0.4) is 0 Å². The minimum Gasteiger partial charge on any atom is -0.323 e. The summed E-state index contributed by atoms with van der Waals surface area (Å²) < 4.78 is 23.1. The van der Waals surface area contributed by atoms with Gasteiger partial charge < -0.3 is 19.6 Å². The molecule has 0 aromatic carbocycles. The van der Waals surface area contributed by atoms with Gasteiger partial charge in [0, 0.05) is 12.1 Å². The van der Waals surface area contributed by atoms with Crippen LogP contribution in [0.25, 0.3) is 0 Å². The van der Waals surface area contributed by atoms with E-state index >= 15 is 0 Å². The zero-order chi connectivity index (χ0) is 14.3. The van der Waals surface area contributed by atoms with Crippen molar-refractivity contribution in [2.45, 2.75) is 56.0 Å². The Labute approximate surface area is 112 Å². The van der Waals surface area contributed by atoms with Crippen LogP contribution in [0.1, 0.15) is 44.9 Å². The Balaban J connectivity index is 2.36. The average molecular weight is 313 g/mol. The fourth-order valence-electron chi connectivity index (χ4n) is 3.63. The minimum atomic E-state index is -4.88. The van der Waals surface area contributed by atoms with Crippen LogP contribution in [0.2, 0.25) is 0 Å². The number of nitrogens with zero attached hydrogens (tertiary/aromatic N) is 1. The van der Waals surface area contributed by atoms with Crippen LogP contribution in [-0.2, 0) is 9.13 Å². The maximum atomic E-state index is 11.6. The lowest BCUT2D eigenvalue weighted by molar-refractivity contribution is 0.0839. The van der Waals surface area contributed by atoms with E-state index < -0.39 is 26.3 Å². The number of hydrogen-bond donors (Lipinski definition) is 4. The Morgan fingerprint density at radius 2 is 1.32 bits per heavy atom. The highest BCUT2D eigenvalue weighted by atomic mass is 31.2. The molecule has 1 saturated carbocycles. The monoisotopic (exact) mass is 313 g/mol. The first-order chi connectivity index (χ1) is 8.67. The van der Waals surface area contributed by atoms with Crippen LogP contribution in [0.4, 0.5) is 0 Å². The molecule has 7 nitrogen and oxygen atoms in total. The molecule has 1 heterocycles. The average Bonchev–Trinajstić information content (AvgIpc) is 2.59. The second kappa shape index (κ2) is 5.23. The summed E-state index contributed by atoms with van der Waals surface area (Å²) in [6.45, 7) is 0.348. The van der Waals surface area contributed by atoms with Crippen LogP contribution in [-0.4, -0.2) is 42.1 Å². The van der Waals surface area contributed by atoms with Crippen LogP contribution >= 0.6 is 15.2 Å². The van der Waals surface area contributed by atoms with E-state index in [0.717, 1.165) is 44.9 Å². The Morgan fingerprint density at radius 1 is 0.842 bits per heavy atom. The topological polar surface area (TPSA) is 118 Å². The molecule has 0 atom stereocenters. The molecule has 1 aliphatic carbocycles. The molecule has 0 aromatic rings. The molecule has 0 bridgehead atoms. The van der Waals surface area contributed by atoms with E-state index in [1.54, 1.807) is 0 Å². The molecule has 19 heavy (non-hydrogen) atoms. The fourth-order valence-corrected chi connectivity index (χ4v) is 6.64. The van der Waals surface area contributed by atoms with Crippen molar-refractivity contribution >= 4 is 15.2 Å². The molecular weight excluding hydrogens is 292 g/mol. The van der Waals surface area contributed by atoms with E-state index in [1.807, 2.05) is 0 Å². The summed E-state index contributed by atoms with van der Waals surface area (Å²) in [6, 6.07) is 0. The number of likely N-dealkylation sites (tertiary alicyclic amines) is 1. The summed E-state index contributed by atoms with van der Waals surface area (Å²) in [5, 5.41) is 0. The lowest BCUT2D eigenvalue weighted by Crippen LogP contribution is -2.50. The molecule has 0 unspecified atom stereocenters. The highest BCUT2D eigenvalue weighted by Crippen LogP contribution is 2.64. The lowest BCUT2D eigenvalue weighted by atomic mass is 9.80. The molecule has 0 aromatic heterocycles. The largest absolute Gasteiger partial charge is 0.355 e. The quantitative estimate of drug-likeness (QED) is 0.582. The van der Waals surface area contributed by atoms with Gasteiger partial charge in [0.05, 0.1) is 0 Å². The second-order valence-electron chi connectivity index (χ2n) is 5.61. The summed E-state index contributed by atoms with van der Waals surface area (Å²) in [6.07, 6.45) is 6.01. The molecule has 0 amide bonds. The van der Waals surface area contributed by atoms with E-state index in [2.05, 4.69) is 0 Å². The van der Waals surface area contributed by atoms with Crippen LogP contribution in [0, 0.1) is 0 Å². The number of hydrogen-bond acceptors (Lipinski definition) is 3. The first-order valence-electron chi connectivity index (χ1n) is 6.54. The van der Waals surface area contributed by atoms with Crippen molar-refractivity contribution < 1.29 is 28.7 Å². The van der Waals surface area contributed by atoms with Crippen LogP contribution in [0.15, 0.2) is 0 Å². The summed E-state index contributed by atoms with van der Waals surface area (Å²) in [5.41, 5.74) is -2.40. The van der Waals surface area contributed by atoms with Crippen molar-refractivity contribution in [1.29, 1.82) is 0 Å². The van der Waals surface area contributed by atoms with Gasteiger partial charge in [0.15, 0.2) is 0 Å². The summed E-state index contributed by atoms with van der Waals surface area (Å²) in [4.78, 5) is 38.9. The standard InChI is InChI=1S/C10H21NO6P2/c12-18(13,14)9(19(15,16)17)11-8-4-7-10(11)5-2-1-3-6-10/h9H,1-8H2,(H2,12,13,14)(H2,15,16,17). The zero-order valence-electron chi connectivity index (χ0n) is 10.7. The van der Waals surface area contributed by atoms with Gasteiger partial charge in [-0.1, -0.05) is 19.3 Å². The van der Waals surface area contributed by atoms with Gasteiger partial charge in [-0.2, -0.15) is 0 Å². The third-order valence-electron chi connectivity index (χ3n) is 4.32. The first kappa shape index (κ1) is 15.6. The zero-order valence-corrected chi connectivity index (χ0v) is 12.5. The van der Waals surface area contributed by atoms with Crippen molar-refractivity contribution in [3.63, 3.8) is 0 Å². The molecule has 1 saturated heterocycles. The third-order valence-corrected chi connectivity index (χ3v) is 7.88. The smallest absolute Gasteiger partial charge is 0.323 e. The molecule has 2 aliphatic rings. The van der Waals surface area contributed by atoms with Gasteiger partial charge in [0.2, 0.25) is 5.52 Å². The van der Waals surface area contributed by atoms with E-state index in [1.165, 1.54) is 4.90 Å². The SMILES string of the molecule is O=P(O)(O)C(N1CCCC12CCCCC2)P(=O)(O)O. The van der Waals surface area contributed by atoms with Gasteiger partial charge >= 0.3 is 15.2 Å². The molecule has 1 aliphatic heterocycles. The van der Waals surface area contributed by atoms with Gasteiger partial charge in [-0.05, 0) is 25.7 Å². The maximum Gasteiger partial charge on any atom is 0.355 e. The summed E-state index contributed by atoms with van der Waals surface area (Å²) in [7, 11) is -9.75. The lowest BCUT2D eigenvalue weighted by Gasteiger charge is -2.45.